The predicted octanol–water partition coefficient (Wildman–Crippen LogP) is 0.520. The van der Waals surface area contributed by atoms with Crippen LogP contribution < -0.4 is 5.73 Å². The summed E-state index contributed by atoms with van der Waals surface area (Å²) in [6.07, 6.45) is 3.56. The van der Waals surface area contributed by atoms with Crippen LogP contribution in [-0.2, 0) is 4.74 Å². The van der Waals surface area contributed by atoms with Crippen LogP contribution in [0.25, 0.3) is 0 Å². The van der Waals surface area contributed by atoms with E-state index in [4.69, 9.17) is 10.5 Å². The molecule has 100 valence electrons. The highest BCUT2D eigenvalue weighted by molar-refractivity contribution is 4.84. The van der Waals surface area contributed by atoms with Crippen molar-refractivity contribution in [3.8, 4) is 0 Å². The Kier molecular flexibility index (Phi) is 5.22. The molecule has 0 amide bonds. The second kappa shape index (κ2) is 6.69. The molecule has 0 aromatic carbocycles. The lowest BCUT2D eigenvalue weighted by Gasteiger charge is -2.32. The van der Waals surface area contributed by atoms with E-state index in [1.54, 1.807) is 0 Å². The van der Waals surface area contributed by atoms with E-state index in [2.05, 4.69) is 16.7 Å². The molecule has 2 unspecified atom stereocenters. The average molecular weight is 241 g/mol. The van der Waals surface area contributed by atoms with Gasteiger partial charge in [0.05, 0.1) is 13.2 Å². The van der Waals surface area contributed by atoms with Gasteiger partial charge in [-0.15, -0.1) is 0 Å². The fourth-order valence-corrected chi connectivity index (χ4v) is 2.81. The van der Waals surface area contributed by atoms with E-state index in [9.17, 15) is 0 Å². The minimum Gasteiger partial charge on any atom is -0.379 e. The average Bonchev–Trinajstić information content (AvgIpc) is 2.86. The third kappa shape index (κ3) is 3.91. The molecule has 17 heavy (non-hydrogen) atoms. The molecule has 2 fully saturated rings. The number of nitrogens with zero attached hydrogens (tertiary/aromatic N) is 2. The van der Waals surface area contributed by atoms with Gasteiger partial charge in [0.2, 0.25) is 0 Å². The molecule has 2 aliphatic rings. The van der Waals surface area contributed by atoms with Gasteiger partial charge < -0.3 is 15.4 Å². The first kappa shape index (κ1) is 13.3. The summed E-state index contributed by atoms with van der Waals surface area (Å²) in [6, 6.07) is 1.15. The van der Waals surface area contributed by atoms with Crippen molar-refractivity contribution in [2.45, 2.75) is 38.3 Å². The minimum atomic E-state index is 0.387. The van der Waals surface area contributed by atoms with E-state index in [-0.39, 0.29) is 0 Å². The fraction of sp³-hybridized carbons (Fsp3) is 1.00. The third-order valence-corrected chi connectivity index (χ3v) is 4.15. The zero-order valence-electron chi connectivity index (χ0n) is 11.1. The number of hydrogen-bond acceptors (Lipinski definition) is 4. The first-order chi connectivity index (χ1) is 8.29. The number of morpholine rings is 1. The number of ether oxygens (including phenoxy) is 1. The Balaban J connectivity index is 1.67. The van der Waals surface area contributed by atoms with Crippen LogP contribution in [0.5, 0.6) is 0 Å². The van der Waals surface area contributed by atoms with Gasteiger partial charge in [-0.25, -0.2) is 0 Å². The molecular weight excluding hydrogens is 214 g/mol. The maximum atomic E-state index is 5.97. The number of likely N-dealkylation sites (tertiary alicyclic amines) is 1. The van der Waals surface area contributed by atoms with Crippen molar-refractivity contribution < 1.29 is 4.74 Å². The van der Waals surface area contributed by atoms with Crippen molar-refractivity contribution in [1.82, 2.24) is 9.80 Å². The third-order valence-electron chi connectivity index (χ3n) is 4.15. The van der Waals surface area contributed by atoms with Crippen molar-refractivity contribution in [1.29, 1.82) is 0 Å². The molecule has 4 heteroatoms. The Morgan fingerprint density at radius 2 is 2.06 bits per heavy atom. The SMILES string of the molecule is CCC(N)CCN1CCC(N2CCOCC2)C1. The van der Waals surface area contributed by atoms with E-state index in [1.165, 1.54) is 26.1 Å². The van der Waals surface area contributed by atoms with Crippen LogP contribution in [0.2, 0.25) is 0 Å². The van der Waals surface area contributed by atoms with Crippen LogP contribution >= 0.6 is 0 Å². The molecular formula is C13H27N3O. The molecule has 4 nitrogen and oxygen atoms in total. The van der Waals surface area contributed by atoms with Gasteiger partial charge in [0, 0.05) is 31.7 Å². The van der Waals surface area contributed by atoms with E-state index in [1.807, 2.05) is 0 Å². The van der Waals surface area contributed by atoms with E-state index in [0.717, 1.165) is 45.2 Å². The second-order valence-corrected chi connectivity index (χ2v) is 5.35. The standard InChI is InChI=1S/C13H27N3O/c1-2-12(14)3-5-15-6-4-13(11-15)16-7-9-17-10-8-16/h12-13H,2-11,14H2,1H3. The summed E-state index contributed by atoms with van der Waals surface area (Å²) in [5, 5.41) is 0. The van der Waals surface area contributed by atoms with Crippen molar-refractivity contribution in [2.75, 3.05) is 45.9 Å². The van der Waals surface area contributed by atoms with Crippen LogP contribution in [-0.4, -0.2) is 67.8 Å². The zero-order chi connectivity index (χ0) is 12.1. The Labute approximate surface area is 105 Å². The molecule has 0 spiro atoms. The normalized spacial score (nSPS) is 29.6. The minimum absolute atomic E-state index is 0.387. The molecule has 2 atom stereocenters. The van der Waals surface area contributed by atoms with Gasteiger partial charge in [-0.2, -0.15) is 0 Å². The first-order valence-electron chi connectivity index (χ1n) is 7.09. The van der Waals surface area contributed by atoms with Gasteiger partial charge >= 0.3 is 0 Å². The Hall–Kier alpha value is -0.160. The molecule has 2 saturated heterocycles. The number of nitrogens with two attached hydrogens (primary N) is 1. The molecule has 0 aromatic rings. The summed E-state index contributed by atoms with van der Waals surface area (Å²) < 4.78 is 5.41. The molecule has 0 saturated carbocycles. The summed E-state index contributed by atoms with van der Waals surface area (Å²) in [5.74, 6) is 0. The highest BCUT2D eigenvalue weighted by Gasteiger charge is 2.28. The summed E-state index contributed by atoms with van der Waals surface area (Å²) in [7, 11) is 0. The Morgan fingerprint density at radius 3 is 2.76 bits per heavy atom. The topological polar surface area (TPSA) is 41.7 Å². The first-order valence-corrected chi connectivity index (χ1v) is 7.09. The molecule has 0 aromatic heterocycles. The van der Waals surface area contributed by atoms with Gasteiger partial charge in [-0.1, -0.05) is 6.92 Å². The largest absolute Gasteiger partial charge is 0.379 e. The summed E-state index contributed by atoms with van der Waals surface area (Å²) in [6.45, 7) is 9.89. The van der Waals surface area contributed by atoms with Gasteiger partial charge in [0.25, 0.3) is 0 Å². The molecule has 0 radical (unpaired) electrons. The maximum Gasteiger partial charge on any atom is 0.0594 e. The number of rotatable bonds is 5. The van der Waals surface area contributed by atoms with Gasteiger partial charge in [-0.3, -0.25) is 4.90 Å². The van der Waals surface area contributed by atoms with E-state index >= 15 is 0 Å². The molecule has 2 rings (SSSR count). The van der Waals surface area contributed by atoms with Crippen molar-refractivity contribution in [3.05, 3.63) is 0 Å². The lowest BCUT2D eigenvalue weighted by atomic mass is 10.1. The van der Waals surface area contributed by atoms with Crippen LogP contribution in [0.15, 0.2) is 0 Å². The highest BCUT2D eigenvalue weighted by Crippen LogP contribution is 2.17. The Morgan fingerprint density at radius 1 is 1.29 bits per heavy atom. The predicted molar refractivity (Wildman–Crippen MR) is 70.1 cm³/mol. The summed E-state index contributed by atoms with van der Waals surface area (Å²) in [4.78, 5) is 5.18. The maximum absolute atomic E-state index is 5.97. The lowest BCUT2D eigenvalue weighted by Crippen LogP contribution is -2.44. The van der Waals surface area contributed by atoms with Crippen LogP contribution in [0.1, 0.15) is 26.2 Å². The van der Waals surface area contributed by atoms with Crippen molar-refractivity contribution in [3.63, 3.8) is 0 Å². The van der Waals surface area contributed by atoms with E-state index in [0.29, 0.717) is 6.04 Å². The monoisotopic (exact) mass is 241 g/mol. The molecule has 0 bridgehead atoms. The van der Waals surface area contributed by atoms with Crippen molar-refractivity contribution in [2.24, 2.45) is 5.73 Å². The Bertz CT molecular complexity index is 219. The number of hydrogen-bond donors (Lipinski definition) is 1. The smallest absolute Gasteiger partial charge is 0.0594 e. The second-order valence-electron chi connectivity index (χ2n) is 5.35. The molecule has 0 aliphatic carbocycles. The van der Waals surface area contributed by atoms with Crippen LogP contribution in [0, 0.1) is 0 Å². The highest BCUT2D eigenvalue weighted by atomic mass is 16.5. The summed E-state index contributed by atoms with van der Waals surface area (Å²) in [5.41, 5.74) is 5.97. The lowest BCUT2D eigenvalue weighted by molar-refractivity contribution is 0.0185. The fourth-order valence-electron chi connectivity index (χ4n) is 2.81. The van der Waals surface area contributed by atoms with Crippen LogP contribution in [0.3, 0.4) is 0 Å². The molecule has 2 heterocycles. The quantitative estimate of drug-likeness (QED) is 0.762. The van der Waals surface area contributed by atoms with Gasteiger partial charge in [0.1, 0.15) is 0 Å². The van der Waals surface area contributed by atoms with Crippen LogP contribution in [0.4, 0.5) is 0 Å². The molecule has 2 N–H and O–H groups in total. The van der Waals surface area contributed by atoms with E-state index < -0.39 is 0 Å². The molecule has 2 aliphatic heterocycles. The van der Waals surface area contributed by atoms with Gasteiger partial charge in [0.15, 0.2) is 0 Å². The van der Waals surface area contributed by atoms with Crippen molar-refractivity contribution >= 4 is 0 Å². The van der Waals surface area contributed by atoms with Gasteiger partial charge in [-0.05, 0) is 32.4 Å². The zero-order valence-corrected chi connectivity index (χ0v) is 11.1. The summed E-state index contributed by atoms with van der Waals surface area (Å²) >= 11 is 0.